The number of carbonyl (C=O) groups is 4. The number of thioether (sulfide) groups is 2. The van der Waals surface area contributed by atoms with Crippen LogP contribution in [0.3, 0.4) is 0 Å². The largest absolute Gasteiger partial charge is 0.494 e. The summed E-state index contributed by atoms with van der Waals surface area (Å²) >= 11 is 2.61. The van der Waals surface area contributed by atoms with Crippen LogP contribution in [0.4, 0.5) is 0 Å². The first-order valence-corrected chi connectivity index (χ1v) is 16.0. The van der Waals surface area contributed by atoms with Gasteiger partial charge in [-0.15, -0.1) is 10.2 Å². The van der Waals surface area contributed by atoms with Gasteiger partial charge >= 0.3 is 0 Å². The molecule has 12 nitrogen and oxygen atoms in total. The maximum absolute atomic E-state index is 12.1. The van der Waals surface area contributed by atoms with Crippen LogP contribution in [0.1, 0.15) is 75.3 Å². The Morgan fingerprint density at radius 2 is 1.09 bits per heavy atom. The predicted octanol–water partition coefficient (Wildman–Crippen LogP) is 4.71. The molecule has 2 aromatic carbocycles. The van der Waals surface area contributed by atoms with Crippen LogP contribution in [0.25, 0.3) is 0 Å². The van der Waals surface area contributed by atoms with Crippen LogP contribution in [0, 0.1) is 0 Å². The molecule has 0 bridgehead atoms. The van der Waals surface area contributed by atoms with Gasteiger partial charge in [0.05, 0.1) is 13.2 Å². The highest BCUT2D eigenvalue weighted by molar-refractivity contribution is 8.14. The quantitative estimate of drug-likeness (QED) is 0.337. The van der Waals surface area contributed by atoms with Crippen LogP contribution in [0.5, 0.6) is 11.5 Å². The Hall–Kier alpha value is -4.04. The summed E-state index contributed by atoms with van der Waals surface area (Å²) in [4.78, 5) is 47.1. The zero-order valence-electron chi connectivity index (χ0n) is 25.1. The van der Waals surface area contributed by atoms with E-state index in [1.165, 1.54) is 61.2 Å². The Morgan fingerprint density at radius 1 is 0.682 bits per heavy atom. The fourth-order valence-corrected chi connectivity index (χ4v) is 6.67. The highest BCUT2D eigenvalue weighted by Crippen LogP contribution is 2.40. The highest BCUT2D eigenvalue weighted by Gasteiger charge is 2.33. The second kappa shape index (κ2) is 15.6. The molecule has 2 aliphatic rings. The minimum absolute atomic E-state index is 0.217. The molecule has 234 valence electrons. The van der Waals surface area contributed by atoms with Gasteiger partial charge in [0.2, 0.25) is 23.6 Å². The summed E-state index contributed by atoms with van der Waals surface area (Å²) < 4.78 is 11.9. The lowest BCUT2D eigenvalue weighted by Crippen LogP contribution is -2.25. The molecule has 4 amide bonds. The lowest BCUT2D eigenvalue weighted by atomic mass is 10.2. The highest BCUT2D eigenvalue weighted by atomic mass is 32.2. The Balaban J connectivity index is 1.17. The molecular weight excluding hydrogens is 605 g/mol. The van der Waals surface area contributed by atoms with Crippen molar-refractivity contribution in [1.82, 2.24) is 20.7 Å². The van der Waals surface area contributed by atoms with Crippen LogP contribution >= 0.6 is 23.5 Å². The molecule has 2 aliphatic heterocycles. The molecular formula is C30H36N6O6S2. The van der Waals surface area contributed by atoms with Gasteiger partial charge in [-0.2, -0.15) is 0 Å². The molecule has 0 radical (unpaired) electrons. The molecule has 0 spiro atoms. The SMILES string of the molecule is CC(=O)NC1=NN(C(C)=O)C(c2cccc(OCCCCCCOc3cccc(C4SC(NC(C)=O)=NN4C(C)=O)c3)c2)S1. The summed E-state index contributed by atoms with van der Waals surface area (Å²) in [5.74, 6) is 0.500. The van der Waals surface area contributed by atoms with Crippen LogP contribution in [-0.4, -0.2) is 57.2 Å². The average molecular weight is 641 g/mol. The second-order valence-corrected chi connectivity index (χ2v) is 12.2. The van der Waals surface area contributed by atoms with Gasteiger partial charge < -0.3 is 20.1 Å². The van der Waals surface area contributed by atoms with E-state index in [-0.39, 0.29) is 34.4 Å². The van der Waals surface area contributed by atoms with Gasteiger partial charge in [0, 0.05) is 27.7 Å². The monoisotopic (exact) mass is 640 g/mol. The number of hydrogen-bond acceptors (Lipinski definition) is 10. The normalized spacial score (nSPS) is 17.5. The molecule has 4 rings (SSSR count). The molecule has 0 aliphatic carbocycles. The summed E-state index contributed by atoms with van der Waals surface area (Å²) in [6.07, 6.45) is 3.71. The van der Waals surface area contributed by atoms with Gasteiger partial charge in [0.15, 0.2) is 10.3 Å². The van der Waals surface area contributed by atoms with E-state index >= 15 is 0 Å². The van der Waals surface area contributed by atoms with Gasteiger partial charge in [0.25, 0.3) is 0 Å². The Kier molecular flexibility index (Phi) is 11.7. The molecule has 2 heterocycles. The second-order valence-electron chi connectivity index (χ2n) is 10.1. The number of amidine groups is 2. The zero-order chi connectivity index (χ0) is 31.6. The molecule has 2 N–H and O–H groups in total. The Bertz CT molecular complexity index is 1340. The van der Waals surface area contributed by atoms with Gasteiger partial charge in [-0.25, -0.2) is 10.0 Å². The number of ether oxygens (including phenoxy) is 2. The summed E-state index contributed by atoms with van der Waals surface area (Å²) in [5, 5.41) is 16.5. The summed E-state index contributed by atoms with van der Waals surface area (Å²) in [6.45, 7) is 6.80. The Morgan fingerprint density at radius 3 is 1.45 bits per heavy atom. The van der Waals surface area contributed by atoms with E-state index in [0.29, 0.717) is 35.0 Å². The van der Waals surface area contributed by atoms with Gasteiger partial charge in [-0.05, 0) is 61.1 Å². The minimum Gasteiger partial charge on any atom is -0.494 e. The summed E-state index contributed by atoms with van der Waals surface area (Å²) in [5.41, 5.74) is 1.71. The molecule has 14 heteroatoms. The summed E-state index contributed by atoms with van der Waals surface area (Å²) in [7, 11) is 0. The third-order valence-corrected chi connectivity index (χ3v) is 8.57. The first-order valence-electron chi connectivity index (χ1n) is 14.2. The number of amides is 4. The van der Waals surface area contributed by atoms with Crippen molar-refractivity contribution in [2.45, 2.75) is 64.1 Å². The number of nitrogens with one attached hydrogen (secondary N) is 2. The standard InChI is InChI=1S/C30H36N6O6S2/c1-19(37)31-29-33-35(21(3)39)27(43-29)23-11-9-13-25(17-23)41-15-7-5-6-8-16-42-26-14-10-12-24(18-26)28-36(22(4)40)34-30(44-28)32-20(2)38/h9-14,17-18,27-28H,5-8,15-16H2,1-4H3,(H,31,33,37)(H,32,34,38). The number of carbonyl (C=O) groups excluding carboxylic acids is 4. The lowest BCUT2D eigenvalue weighted by Gasteiger charge is -2.20. The number of nitrogens with zero attached hydrogens (tertiary/aromatic N) is 4. The van der Waals surface area contributed by atoms with E-state index in [0.717, 1.165) is 36.8 Å². The van der Waals surface area contributed by atoms with Crippen LogP contribution < -0.4 is 20.1 Å². The fraction of sp³-hybridized carbons (Fsp3) is 0.400. The number of hydrogen-bond donors (Lipinski definition) is 2. The number of rotatable bonds is 11. The predicted molar refractivity (Wildman–Crippen MR) is 171 cm³/mol. The number of hydrazone groups is 2. The van der Waals surface area contributed by atoms with E-state index < -0.39 is 0 Å². The van der Waals surface area contributed by atoms with Crippen molar-refractivity contribution in [3.8, 4) is 11.5 Å². The van der Waals surface area contributed by atoms with Gasteiger partial charge in [0.1, 0.15) is 22.2 Å². The fourth-order valence-electron chi connectivity index (χ4n) is 4.41. The molecule has 2 aromatic rings. The first-order chi connectivity index (χ1) is 21.1. The van der Waals surface area contributed by atoms with Crippen molar-refractivity contribution in [1.29, 1.82) is 0 Å². The van der Waals surface area contributed by atoms with Crippen molar-refractivity contribution in [3.05, 3.63) is 59.7 Å². The maximum Gasteiger partial charge on any atom is 0.241 e. The lowest BCUT2D eigenvalue weighted by molar-refractivity contribution is -0.130. The number of benzene rings is 2. The molecule has 0 saturated heterocycles. The van der Waals surface area contributed by atoms with Crippen LogP contribution in [0.2, 0.25) is 0 Å². The van der Waals surface area contributed by atoms with E-state index in [9.17, 15) is 19.2 Å². The maximum atomic E-state index is 12.1. The zero-order valence-corrected chi connectivity index (χ0v) is 26.7. The molecule has 2 unspecified atom stereocenters. The van der Waals surface area contributed by atoms with Crippen molar-refractivity contribution in [2.75, 3.05) is 13.2 Å². The van der Waals surface area contributed by atoms with E-state index in [4.69, 9.17) is 9.47 Å². The molecule has 0 fully saturated rings. The van der Waals surface area contributed by atoms with E-state index in [1.54, 1.807) is 0 Å². The third kappa shape index (κ3) is 9.23. The van der Waals surface area contributed by atoms with Crippen LogP contribution in [-0.2, 0) is 19.2 Å². The van der Waals surface area contributed by atoms with Crippen molar-refractivity contribution >= 4 is 57.5 Å². The van der Waals surface area contributed by atoms with Crippen molar-refractivity contribution in [2.24, 2.45) is 10.2 Å². The van der Waals surface area contributed by atoms with Crippen LogP contribution in [0.15, 0.2) is 58.7 Å². The molecule has 0 aromatic heterocycles. The van der Waals surface area contributed by atoms with Crippen molar-refractivity contribution < 1.29 is 28.7 Å². The van der Waals surface area contributed by atoms with E-state index in [1.807, 2.05) is 48.5 Å². The number of unbranched alkanes of at least 4 members (excludes halogenated alkanes) is 3. The first kappa shape index (κ1) is 32.9. The molecule has 2 atom stereocenters. The topological polar surface area (TPSA) is 142 Å². The van der Waals surface area contributed by atoms with Gasteiger partial charge in [-0.1, -0.05) is 47.8 Å². The Labute approximate surface area is 265 Å². The van der Waals surface area contributed by atoms with E-state index in [2.05, 4.69) is 20.8 Å². The summed E-state index contributed by atoms with van der Waals surface area (Å²) in [6, 6.07) is 15.1. The third-order valence-electron chi connectivity index (χ3n) is 6.36. The van der Waals surface area contributed by atoms with Gasteiger partial charge in [-0.3, -0.25) is 19.2 Å². The molecule has 44 heavy (non-hydrogen) atoms. The molecule has 0 saturated carbocycles. The average Bonchev–Trinajstić information content (AvgIpc) is 3.59. The minimum atomic E-state index is -0.377. The van der Waals surface area contributed by atoms with Crippen molar-refractivity contribution in [3.63, 3.8) is 0 Å². The smallest absolute Gasteiger partial charge is 0.241 e.